The van der Waals surface area contributed by atoms with Crippen LogP contribution in [-0.4, -0.2) is 61.6 Å². The summed E-state index contributed by atoms with van der Waals surface area (Å²) in [6.07, 6.45) is 1.41. The number of sulfonamides is 1. The van der Waals surface area contributed by atoms with Gasteiger partial charge in [0, 0.05) is 18.1 Å². The maximum Gasteiger partial charge on any atom is 0.273 e. The maximum atomic E-state index is 12.9. The summed E-state index contributed by atoms with van der Waals surface area (Å²) in [5, 5.41) is 1.68. The zero-order valence-electron chi connectivity index (χ0n) is 17.3. The predicted octanol–water partition coefficient (Wildman–Crippen LogP) is 2.57. The number of hydrogen-bond acceptors (Lipinski definition) is 8. The summed E-state index contributed by atoms with van der Waals surface area (Å²) in [7, 11) is -3.77. The highest BCUT2D eigenvalue weighted by Crippen LogP contribution is 2.22. The first-order chi connectivity index (χ1) is 15.4. The van der Waals surface area contributed by atoms with Crippen molar-refractivity contribution in [1.29, 1.82) is 0 Å². The molecule has 1 N–H and O–H groups in total. The van der Waals surface area contributed by atoms with Gasteiger partial charge in [0.25, 0.3) is 15.9 Å². The Hall–Kier alpha value is -3.02. The molecule has 3 heterocycles. The van der Waals surface area contributed by atoms with Crippen molar-refractivity contribution in [3.8, 4) is 5.75 Å². The number of pyridine rings is 1. The molecule has 1 amide bonds. The van der Waals surface area contributed by atoms with Crippen LogP contribution in [0.4, 0.5) is 5.13 Å². The molecule has 1 aromatic carbocycles. The number of rotatable bonds is 7. The lowest BCUT2D eigenvalue weighted by molar-refractivity contribution is -0.0403. The van der Waals surface area contributed by atoms with Crippen LogP contribution in [0.3, 0.4) is 0 Å². The fourth-order valence-electron chi connectivity index (χ4n) is 3.16. The van der Waals surface area contributed by atoms with E-state index in [1.165, 1.54) is 12.1 Å². The highest BCUT2D eigenvalue weighted by molar-refractivity contribution is 7.93. The smallest absolute Gasteiger partial charge is 0.273 e. The van der Waals surface area contributed by atoms with Gasteiger partial charge >= 0.3 is 0 Å². The molecule has 1 unspecified atom stereocenters. The predicted molar refractivity (Wildman–Crippen MR) is 119 cm³/mol. The van der Waals surface area contributed by atoms with Crippen LogP contribution in [0.15, 0.2) is 58.9 Å². The van der Waals surface area contributed by atoms with Crippen LogP contribution in [-0.2, 0) is 14.8 Å². The van der Waals surface area contributed by atoms with Gasteiger partial charge < -0.3 is 14.4 Å². The van der Waals surface area contributed by atoms with Gasteiger partial charge in [0.1, 0.15) is 24.2 Å². The minimum absolute atomic E-state index is 0.128. The van der Waals surface area contributed by atoms with Gasteiger partial charge in [-0.1, -0.05) is 18.2 Å². The summed E-state index contributed by atoms with van der Waals surface area (Å²) in [6, 6.07) is 11.6. The van der Waals surface area contributed by atoms with Crippen molar-refractivity contribution in [2.24, 2.45) is 0 Å². The molecule has 2 aromatic heterocycles. The molecular weight excluding hydrogens is 452 g/mol. The van der Waals surface area contributed by atoms with Crippen LogP contribution in [0.2, 0.25) is 0 Å². The number of aromatic nitrogens is 2. The van der Waals surface area contributed by atoms with Crippen molar-refractivity contribution in [3.05, 3.63) is 65.4 Å². The van der Waals surface area contributed by atoms with Gasteiger partial charge in [0.15, 0.2) is 5.13 Å². The number of carbonyl (C=O) groups is 1. The Kier molecular flexibility index (Phi) is 6.68. The van der Waals surface area contributed by atoms with Crippen LogP contribution < -0.4 is 9.46 Å². The average Bonchev–Trinajstić information content (AvgIpc) is 3.26. The number of carbonyl (C=O) groups excluding carboxylic acids is 1. The average molecular weight is 475 g/mol. The van der Waals surface area contributed by atoms with Gasteiger partial charge in [-0.2, -0.15) is 0 Å². The van der Waals surface area contributed by atoms with E-state index in [0.717, 1.165) is 17.0 Å². The molecule has 11 heteroatoms. The van der Waals surface area contributed by atoms with E-state index in [0.29, 0.717) is 25.4 Å². The summed E-state index contributed by atoms with van der Waals surface area (Å²) < 4.78 is 38.9. The van der Waals surface area contributed by atoms with Crippen LogP contribution >= 0.6 is 11.3 Å². The molecule has 4 rings (SSSR count). The summed E-state index contributed by atoms with van der Waals surface area (Å²) in [5.41, 5.74) is 0.967. The van der Waals surface area contributed by atoms with Gasteiger partial charge in [-0.25, -0.2) is 13.4 Å². The molecule has 1 fully saturated rings. The Bertz CT molecular complexity index is 1180. The molecule has 0 spiro atoms. The number of morpholine rings is 1. The first kappa shape index (κ1) is 22.2. The number of anilines is 1. The van der Waals surface area contributed by atoms with E-state index in [-0.39, 0.29) is 34.3 Å². The summed E-state index contributed by atoms with van der Waals surface area (Å²) in [5.74, 6) is 0.395. The number of ether oxygens (including phenoxy) is 2. The highest BCUT2D eigenvalue weighted by atomic mass is 32.2. The maximum absolute atomic E-state index is 12.9. The van der Waals surface area contributed by atoms with Gasteiger partial charge in [-0.3, -0.25) is 14.5 Å². The highest BCUT2D eigenvalue weighted by Gasteiger charge is 2.27. The van der Waals surface area contributed by atoms with Gasteiger partial charge in [-0.15, -0.1) is 11.3 Å². The van der Waals surface area contributed by atoms with Crippen molar-refractivity contribution in [3.63, 3.8) is 0 Å². The van der Waals surface area contributed by atoms with Crippen molar-refractivity contribution >= 4 is 32.4 Å². The topological polar surface area (TPSA) is 111 Å². The minimum atomic E-state index is -3.77. The van der Waals surface area contributed by atoms with E-state index in [9.17, 15) is 13.2 Å². The van der Waals surface area contributed by atoms with Crippen molar-refractivity contribution in [1.82, 2.24) is 14.9 Å². The quantitative estimate of drug-likeness (QED) is 0.560. The molecule has 0 aliphatic carbocycles. The fourth-order valence-corrected chi connectivity index (χ4v) is 5.12. The first-order valence-corrected chi connectivity index (χ1v) is 12.3. The third-order valence-electron chi connectivity index (χ3n) is 4.81. The second-order valence-electron chi connectivity index (χ2n) is 7.10. The first-order valence-electron chi connectivity index (χ1n) is 9.91. The Morgan fingerprint density at radius 2 is 2.09 bits per heavy atom. The normalized spacial score (nSPS) is 16.5. The Morgan fingerprint density at radius 1 is 1.28 bits per heavy atom. The van der Waals surface area contributed by atoms with Crippen molar-refractivity contribution in [2.45, 2.75) is 17.9 Å². The number of aryl methyl sites for hydroxylation is 1. The van der Waals surface area contributed by atoms with Crippen LogP contribution in [0.1, 0.15) is 16.2 Å². The third-order valence-corrected chi connectivity index (χ3v) is 7.05. The number of nitrogens with one attached hydrogen (secondary N) is 1. The zero-order valence-corrected chi connectivity index (χ0v) is 18.9. The molecule has 1 aliphatic heterocycles. The molecule has 168 valence electrons. The molecule has 9 nitrogen and oxygen atoms in total. The zero-order chi connectivity index (χ0) is 22.6. The van der Waals surface area contributed by atoms with E-state index in [2.05, 4.69) is 14.7 Å². The lowest BCUT2D eigenvalue weighted by Crippen LogP contribution is -2.47. The van der Waals surface area contributed by atoms with E-state index in [4.69, 9.17) is 9.47 Å². The summed E-state index contributed by atoms with van der Waals surface area (Å²) in [4.78, 5) is 23.0. The lowest BCUT2D eigenvalue weighted by Gasteiger charge is -2.32. The van der Waals surface area contributed by atoms with E-state index in [1.54, 1.807) is 40.7 Å². The Labute approximate surface area is 190 Å². The Balaban J connectivity index is 1.37. The number of nitrogens with zero attached hydrogens (tertiary/aromatic N) is 3. The SMILES string of the molecule is Cc1ncccc1OCC1CN(C(=O)c2csc(NS(=O)(=O)c3ccccc3)n2)CCO1. The standard InChI is InChI=1S/C21H22N4O5S2/c1-15-19(8-5-9-22-15)30-13-16-12-25(10-11-29-16)20(26)18-14-31-21(23-18)24-32(27,28)17-6-3-2-4-7-17/h2-9,14,16H,10-13H2,1H3,(H,23,24). The van der Waals surface area contributed by atoms with E-state index in [1.807, 2.05) is 13.0 Å². The van der Waals surface area contributed by atoms with E-state index >= 15 is 0 Å². The molecule has 3 aromatic rings. The van der Waals surface area contributed by atoms with Gasteiger partial charge in [0.2, 0.25) is 0 Å². The molecule has 32 heavy (non-hydrogen) atoms. The van der Waals surface area contributed by atoms with Crippen molar-refractivity contribution in [2.75, 3.05) is 31.0 Å². The number of hydrogen-bond donors (Lipinski definition) is 1. The number of thiazole rings is 1. The number of amides is 1. The molecule has 0 saturated carbocycles. The van der Waals surface area contributed by atoms with E-state index < -0.39 is 10.0 Å². The van der Waals surface area contributed by atoms with Crippen LogP contribution in [0.5, 0.6) is 5.75 Å². The molecule has 1 saturated heterocycles. The number of benzene rings is 1. The Morgan fingerprint density at radius 3 is 2.88 bits per heavy atom. The minimum Gasteiger partial charge on any atom is -0.489 e. The lowest BCUT2D eigenvalue weighted by atomic mass is 10.2. The molecule has 0 bridgehead atoms. The molecule has 1 aliphatic rings. The fraction of sp³-hybridized carbons (Fsp3) is 0.286. The van der Waals surface area contributed by atoms with Gasteiger partial charge in [-0.05, 0) is 31.2 Å². The van der Waals surface area contributed by atoms with Gasteiger partial charge in [0.05, 0.1) is 23.7 Å². The molecule has 0 radical (unpaired) electrons. The van der Waals surface area contributed by atoms with Crippen molar-refractivity contribution < 1.29 is 22.7 Å². The second kappa shape index (κ2) is 9.63. The largest absolute Gasteiger partial charge is 0.489 e. The molecule has 1 atom stereocenters. The monoisotopic (exact) mass is 474 g/mol. The summed E-state index contributed by atoms with van der Waals surface area (Å²) in [6.45, 7) is 3.29. The van der Waals surface area contributed by atoms with Crippen LogP contribution in [0, 0.1) is 6.92 Å². The van der Waals surface area contributed by atoms with Crippen LogP contribution in [0.25, 0.3) is 0 Å². The second-order valence-corrected chi connectivity index (χ2v) is 9.64. The third kappa shape index (κ3) is 5.23. The summed E-state index contributed by atoms with van der Waals surface area (Å²) >= 11 is 1.06. The molecular formula is C21H22N4O5S2.